The predicted molar refractivity (Wildman–Crippen MR) is 88.4 cm³/mol. The third-order valence-electron chi connectivity index (χ3n) is 4.75. The number of nitrogens with one attached hydrogen (secondary N) is 1. The van der Waals surface area contributed by atoms with Crippen molar-refractivity contribution in [3.05, 3.63) is 18.0 Å². The summed E-state index contributed by atoms with van der Waals surface area (Å²) in [5.41, 5.74) is 1.21. The maximum atomic E-state index is 4.76. The highest BCUT2D eigenvalue weighted by atomic mass is 15.3. The molecule has 1 N–H and O–H groups in total. The van der Waals surface area contributed by atoms with Gasteiger partial charge in [0.25, 0.3) is 0 Å². The summed E-state index contributed by atoms with van der Waals surface area (Å²) in [4.78, 5) is 2.58. The second-order valence-electron chi connectivity index (χ2n) is 6.76. The van der Waals surface area contributed by atoms with Gasteiger partial charge in [-0.1, -0.05) is 6.92 Å². The van der Waals surface area contributed by atoms with Gasteiger partial charge < -0.3 is 5.32 Å². The molecule has 0 radical (unpaired) electrons. The quantitative estimate of drug-likeness (QED) is 0.838. The average molecular weight is 292 g/mol. The first-order chi connectivity index (χ1) is 10.1. The number of nitrogens with zero attached hydrogens (tertiary/aromatic N) is 3. The van der Waals surface area contributed by atoms with Gasteiger partial charge >= 0.3 is 0 Å². The molecule has 2 heterocycles. The van der Waals surface area contributed by atoms with E-state index in [4.69, 9.17) is 5.10 Å². The zero-order valence-electron chi connectivity index (χ0n) is 14.2. The standard InChI is InChI=1S/C17H32N4/c1-5-15(4)21-11-8-17(19-21)13-20(14(2)3)12-16-6-9-18-10-7-16/h8,11,14-16,18H,5-7,9-10,12-13H2,1-4H3. The van der Waals surface area contributed by atoms with E-state index in [1.165, 1.54) is 38.2 Å². The predicted octanol–water partition coefficient (Wildman–Crippen LogP) is 3.06. The first-order valence-corrected chi connectivity index (χ1v) is 8.59. The molecule has 0 spiro atoms. The van der Waals surface area contributed by atoms with Crippen LogP contribution in [0.15, 0.2) is 12.3 Å². The van der Waals surface area contributed by atoms with Crippen LogP contribution in [0.3, 0.4) is 0 Å². The number of hydrogen-bond donors (Lipinski definition) is 1. The Labute approximate surface area is 129 Å². The Balaban J connectivity index is 1.93. The highest BCUT2D eigenvalue weighted by Gasteiger charge is 2.20. The molecule has 2 rings (SSSR count). The van der Waals surface area contributed by atoms with E-state index in [0.29, 0.717) is 12.1 Å². The van der Waals surface area contributed by atoms with Gasteiger partial charge in [-0.25, -0.2) is 0 Å². The molecule has 120 valence electrons. The van der Waals surface area contributed by atoms with Crippen LogP contribution >= 0.6 is 0 Å². The maximum Gasteiger partial charge on any atom is 0.0764 e. The van der Waals surface area contributed by atoms with Gasteiger partial charge in [-0.2, -0.15) is 5.10 Å². The molecule has 4 heteroatoms. The van der Waals surface area contributed by atoms with Crippen LogP contribution in [0.2, 0.25) is 0 Å². The van der Waals surface area contributed by atoms with Crippen LogP contribution in [0, 0.1) is 5.92 Å². The Morgan fingerprint density at radius 3 is 2.67 bits per heavy atom. The maximum absolute atomic E-state index is 4.76. The summed E-state index contributed by atoms with van der Waals surface area (Å²) in [7, 11) is 0. The Morgan fingerprint density at radius 2 is 2.05 bits per heavy atom. The van der Waals surface area contributed by atoms with Crippen molar-refractivity contribution in [2.24, 2.45) is 5.92 Å². The van der Waals surface area contributed by atoms with Crippen molar-refractivity contribution in [2.45, 2.75) is 65.6 Å². The van der Waals surface area contributed by atoms with E-state index in [1.807, 2.05) is 0 Å². The van der Waals surface area contributed by atoms with Crippen LogP contribution in [0.4, 0.5) is 0 Å². The fraction of sp³-hybridized carbons (Fsp3) is 0.824. The van der Waals surface area contributed by atoms with E-state index in [9.17, 15) is 0 Å². The third-order valence-corrected chi connectivity index (χ3v) is 4.75. The molecule has 0 amide bonds. The van der Waals surface area contributed by atoms with Gasteiger partial charge in [0.15, 0.2) is 0 Å². The van der Waals surface area contributed by atoms with Gasteiger partial charge in [0.05, 0.1) is 5.69 Å². The Morgan fingerprint density at radius 1 is 1.33 bits per heavy atom. The molecular weight excluding hydrogens is 260 g/mol. The van der Waals surface area contributed by atoms with Crippen LogP contribution in [-0.2, 0) is 6.54 Å². The molecule has 1 aliphatic heterocycles. The molecule has 1 aromatic rings. The van der Waals surface area contributed by atoms with E-state index in [1.54, 1.807) is 0 Å². The summed E-state index contributed by atoms with van der Waals surface area (Å²) in [6.07, 6.45) is 5.88. The Kier molecular flexibility index (Phi) is 6.24. The summed E-state index contributed by atoms with van der Waals surface area (Å²) in [6, 6.07) is 3.26. The largest absolute Gasteiger partial charge is 0.317 e. The lowest BCUT2D eigenvalue weighted by atomic mass is 9.97. The zero-order chi connectivity index (χ0) is 15.2. The van der Waals surface area contributed by atoms with Crippen LogP contribution < -0.4 is 5.32 Å². The monoisotopic (exact) mass is 292 g/mol. The van der Waals surface area contributed by atoms with E-state index < -0.39 is 0 Å². The highest BCUT2D eigenvalue weighted by molar-refractivity contribution is 5.00. The van der Waals surface area contributed by atoms with Crippen LogP contribution in [0.5, 0.6) is 0 Å². The van der Waals surface area contributed by atoms with Crippen LogP contribution in [-0.4, -0.2) is 40.4 Å². The summed E-state index contributed by atoms with van der Waals surface area (Å²) in [6.45, 7) is 13.6. The summed E-state index contributed by atoms with van der Waals surface area (Å²) in [5.74, 6) is 0.838. The molecule has 0 aromatic carbocycles. The summed E-state index contributed by atoms with van der Waals surface area (Å²) in [5, 5.41) is 8.21. The van der Waals surface area contributed by atoms with Crippen LogP contribution in [0.25, 0.3) is 0 Å². The second-order valence-corrected chi connectivity index (χ2v) is 6.76. The van der Waals surface area contributed by atoms with Crippen LogP contribution in [0.1, 0.15) is 58.7 Å². The van der Waals surface area contributed by atoms with E-state index in [0.717, 1.165) is 18.9 Å². The molecule has 1 fully saturated rings. The molecule has 0 bridgehead atoms. The fourth-order valence-electron chi connectivity index (χ4n) is 2.96. The molecule has 1 unspecified atom stereocenters. The molecule has 1 aromatic heterocycles. The van der Waals surface area contributed by atoms with Gasteiger partial charge in [0.2, 0.25) is 0 Å². The van der Waals surface area contributed by atoms with Gasteiger partial charge in [-0.15, -0.1) is 0 Å². The van der Waals surface area contributed by atoms with Gasteiger partial charge in [-0.3, -0.25) is 9.58 Å². The first kappa shape index (κ1) is 16.5. The lowest BCUT2D eigenvalue weighted by Gasteiger charge is -2.32. The SMILES string of the molecule is CCC(C)n1ccc(CN(CC2CCNCC2)C(C)C)n1. The number of rotatable bonds is 7. The third kappa shape index (κ3) is 4.82. The number of piperidine rings is 1. The van der Waals surface area contributed by atoms with Gasteiger partial charge in [0, 0.05) is 31.4 Å². The second kappa shape index (κ2) is 7.95. The number of hydrogen-bond acceptors (Lipinski definition) is 3. The lowest BCUT2D eigenvalue weighted by molar-refractivity contribution is 0.159. The minimum Gasteiger partial charge on any atom is -0.317 e. The van der Waals surface area contributed by atoms with Crippen molar-refractivity contribution in [3.8, 4) is 0 Å². The average Bonchev–Trinajstić information content (AvgIpc) is 2.95. The molecular formula is C17H32N4. The van der Waals surface area contributed by atoms with Gasteiger partial charge in [-0.05, 0) is 65.1 Å². The van der Waals surface area contributed by atoms with Crippen molar-refractivity contribution in [1.82, 2.24) is 20.0 Å². The summed E-state index contributed by atoms with van der Waals surface area (Å²) < 4.78 is 2.11. The van der Waals surface area contributed by atoms with Crippen molar-refractivity contribution >= 4 is 0 Å². The summed E-state index contributed by atoms with van der Waals surface area (Å²) >= 11 is 0. The molecule has 1 saturated heterocycles. The van der Waals surface area contributed by atoms with Crippen molar-refractivity contribution in [3.63, 3.8) is 0 Å². The van der Waals surface area contributed by atoms with E-state index in [-0.39, 0.29) is 0 Å². The molecule has 0 saturated carbocycles. The topological polar surface area (TPSA) is 33.1 Å². The van der Waals surface area contributed by atoms with Crippen molar-refractivity contribution < 1.29 is 0 Å². The fourth-order valence-corrected chi connectivity index (χ4v) is 2.96. The molecule has 21 heavy (non-hydrogen) atoms. The lowest BCUT2D eigenvalue weighted by Crippen LogP contribution is -2.39. The minimum absolute atomic E-state index is 0.496. The normalized spacial score (nSPS) is 18.6. The zero-order valence-corrected chi connectivity index (χ0v) is 14.2. The Bertz CT molecular complexity index is 407. The van der Waals surface area contributed by atoms with Gasteiger partial charge in [0.1, 0.15) is 0 Å². The first-order valence-electron chi connectivity index (χ1n) is 8.59. The van der Waals surface area contributed by atoms with E-state index >= 15 is 0 Å². The molecule has 1 aliphatic rings. The minimum atomic E-state index is 0.496. The Hall–Kier alpha value is -0.870. The smallest absolute Gasteiger partial charge is 0.0764 e. The van der Waals surface area contributed by atoms with Crippen molar-refractivity contribution in [1.29, 1.82) is 0 Å². The molecule has 1 atom stereocenters. The number of aromatic nitrogens is 2. The molecule has 0 aliphatic carbocycles. The highest BCUT2D eigenvalue weighted by Crippen LogP contribution is 2.17. The van der Waals surface area contributed by atoms with E-state index in [2.05, 4.69) is 54.9 Å². The van der Waals surface area contributed by atoms with Crippen molar-refractivity contribution in [2.75, 3.05) is 19.6 Å². The molecule has 4 nitrogen and oxygen atoms in total.